The lowest BCUT2D eigenvalue weighted by molar-refractivity contribution is 0.0939. The zero-order chi connectivity index (χ0) is 13.1. The molecule has 3 heterocycles. The molecule has 19 heavy (non-hydrogen) atoms. The van der Waals surface area contributed by atoms with Gasteiger partial charge in [-0.25, -0.2) is 0 Å². The van der Waals surface area contributed by atoms with Crippen LogP contribution < -0.4 is 5.32 Å². The van der Waals surface area contributed by atoms with E-state index >= 15 is 0 Å². The van der Waals surface area contributed by atoms with Crippen molar-refractivity contribution < 1.29 is 13.7 Å². The van der Waals surface area contributed by atoms with Crippen LogP contribution in [0.4, 0.5) is 0 Å². The lowest BCUT2D eigenvalue weighted by atomic mass is 10.2. The number of furan rings is 1. The van der Waals surface area contributed by atoms with Crippen molar-refractivity contribution in [3.8, 4) is 11.3 Å². The summed E-state index contributed by atoms with van der Waals surface area (Å²) in [6.07, 6.45) is 1.56. The summed E-state index contributed by atoms with van der Waals surface area (Å²) in [5.41, 5.74) is 1.18. The third-order valence-corrected chi connectivity index (χ3v) is 3.23. The van der Waals surface area contributed by atoms with Crippen LogP contribution in [0.25, 0.3) is 11.3 Å². The van der Waals surface area contributed by atoms with Gasteiger partial charge in [0.15, 0.2) is 11.5 Å². The predicted octanol–water partition coefficient (Wildman–Crippen LogP) is 2.93. The summed E-state index contributed by atoms with van der Waals surface area (Å²) in [6, 6.07) is 7.10. The van der Waals surface area contributed by atoms with Gasteiger partial charge in [-0.3, -0.25) is 4.79 Å². The fraction of sp³-hybridized carbons (Fsp3) is 0.0769. The Morgan fingerprint density at radius 1 is 1.42 bits per heavy atom. The maximum Gasteiger partial charge on any atom is 0.273 e. The molecular weight excluding hydrogens is 264 g/mol. The van der Waals surface area contributed by atoms with Gasteiger partial charge in [-0.05, 0) is 23.6 Å². The second-order valence-corrected chi connectivity index (χ2v) is 4.63. The van der Waals surface area contributed by atoms with Crippen LogP contribution in [0.5, 0.6) is 0 Å². The van der Waals surface area contributed by atoms with Gasteiger partial charge in [0.1, 0.15) is 5.76 Å². The fourth-order valence-corrected chi connectivity index (χ4v) is 2.24. The smallest absolute Gasteiger partial charge is 0.273 e. The molecule has 3 aromatic heterocycles. The predicted molar refractivity (Wildman–Crippen MR) is 69.7 cm³/mol. The maximum atomic E-state index is 11.9. The number of hydrogen-bond acceptors (Lipinski definition) is 5. The van der Waals surface area contributed by atoms with E-state index in [9.17, 15) is 4.79 Å². The summed E-state index contributed by atoms with van der Waals surface area (Å²) >= 11 is 1.56. The standard InChI is InChI=1S/C13H10N2O3S/c16-13(14-7-10-2-1-4-17-10)11-6-12(18-15-11)9-3-5-19-8-9/h1-6,8H,7H2,(H,14,16). The normalized spacial score (nSPS) is 10.5. The van der Waals surface area contributed by atoms with Gasteiger partial charge in [-0.2, -0.15) is 11.3 Å². The minimum Gasteiger partial charge on any atom is -0.467 e. The molecule has 6 heteroatoms. The van der Waals surface area contributed by atoms with Gasteiger partial charge in [-0.1, -0.05) is 5.16 Å². The van der Waals surface area contributed by atoms with E-state index in [2.05, 4.69) is 10.5 Å². The van der Waals surface area contributed by atoms with Gasteiger partial charge in [0.25, 0.3) is 5.91 Å². The summed E-state index contributed by atoms with van der Waals surface area (Å²) in [5, 5.41) is 10.3. The summed E-state index contributed by atoms with van der Waals surface area (Å²) in [5.74, 6) is 0.987. The van der Waals surface area contributed by atoms with Crippen LogP contribution in [0, 0.1) is 0 Å². The van der Waals surface area contributed by atoms with Crippen LogP contribution in [0.2, 0.25) is 0 Å². The summed E-state index contributed by atoms with van der Waals surface area (Å²) in [7, 11) is 0. The van der Waals surface area contributed by atoms with Crippen molar-refractivity contribution in [2.75, 3.05) is 0 Å². The van der Waals surface area contributed by atoms with Crippen molar-refractivity contribution in [1.29, 1.82) is 0 Å². The average Bonchev–Trinajstić information content (AvgIpc) is 3.14. The quantitative estimate of drug-likeness (QED) is 0.794. The molecule has 0 aliphatic carbocycles. The number of carbonyl (C=O) groups excluding carboxylic acids is 1. The molecule has 0 radical (unpaired) electrons. The van der Waals surface area contributed by atoms with Gasteiger partial charge in [-0.15, -0.1) is 0 Å². The second-order valence-electron chi connectivity index (χ2n) is 3.85. The Bertz CT molecular complexity index is 656. The van der Waals surface area contributed by atoms with Gasteiger partial charge in [0, 0.05) is 17.0 Å². The van der Waals surface area contributed by atoms with Gasteiger partial charge < -0.3 is 14.3 Å². The largest absolute Gasteiger partial charge is 0.467 e. The van der Waals surface area contributed by atoms with Gasteiger partial charge >= 0.3 is 0 Å². The number of nitrogens with zero attached hydrogens (tertiary/aromatic N) is 1. The number of carbonyl (C=O) groups is 1. The molecule has 96 valence electrons. The van der Waals surface area contributed by atoms with E-state index in [-0.39, 0.29) is 11.6 Å². The molecule has 0 atom stereocenters. The van der Waals surface area contributed by atoms with E-state index in [0.717, 1.165) is 5.56 Å². The first kappa shape index (κ1) is 11.7. The monoisotopic (exact) mass is 274 g/mol. The molecule has 0 unspecified atom stereocenters. The molecule has 3 rings (SSSR count). The minimum absolute atomic E-state index is 0.257. The highest BCUT2D eigenvalue weighted by Gasteiger charge is 2.13. The maximum absolute atomic E-state index is 11.9. The van der Waals surface area contributed by atoms with Crippen LogP contribution in [0.3, 0.4) is 0 Å². The molecule has 0 saturated carbocycles. The third-order valence-electron chi connectivity index (χ3n) is 2.55. The first-order chi connectivity index (χ1) is 9.33. The molecule has 0 bridgehead atoms. The van der Waals surface area contributed by atoms with Crippen LogP contribution in [0.1, 0.15) is 16.2 Å². The zero-order valence-corrected chi connectivity index (χ0v) is 10.6. The van der Waals surface area contributed by atoms with E-state index in [1.54, 1.807) is 35.8 Å². The van der Waals surface area contributed by atoms with Crippen molar-refractivity contribution in [3.63, 3.8) is 0 Å². The first-order valence-corrected chi connectivity index (χ1v) is 6.57. The van der Waals surface area contributed by atoms with E-state index in [1.807, 2.05) is 16.8 Å². The first-order valence-electron chi connectivity index (χ1n) is 5.63. The van der Waals surface area contributed by atoms with Gasteiger partial charge in [0.2, 0.25) is 0 Å². The zero-order valence-electron chi connectivity index (χ0n) is 9.83. The SMILES string of the molecule is O=C(NCc1ccco1)c1cc(-c2ccsc2)on1. The number of rotatable bonds is 4. The van der Waals surface area contributed by atoms with Crippen LogP contribution in [-0.4, -0.2) is 11.1 Å². The fourth-order valence-electron chi connectivity index (χ4n) is 1.59. The third kappa shape index (κ3) is 2.58. The molecule has 0 saturated heterocycles. The lowest BCUT2D eigenvalue weighted by Crippen LogP contribution is -2.22. The number of amides is 1. The second kappa shape index (κ2) is 5.11. The lowest BCUT2D eigenvalue weighted by Gasteiger charge is -1.98. The Morgan fingerprint density at radius 2 is 2.37 bits per heavy atom. The van der Waals surface area contributed by atoms with Crippen molar-refractivity contribution in [2.24, 2.45) is 0 Å². The Kier molecular flexibility index (Phi) is 3.16. The molecule has 0 spiro atoms. The number of hydrogen-bond donors (Lipinski definition) is 1. The summed E-state index contributed by atoms with van der Waals surface area (Å²) in [4.78, 5) is 11.9. The molecular formula is C13H10N2O3S. The Hall–Kier alpha value is -2.34. The van der Waals surface area contributed by atoms with Crippen molar-refractivity contribution >= 4 is 17.2 Å². The molecule has 0 aromatic carbocycles. The molecule has 0 aliphatic heterocycles. The Labute approximate surface area is 112 Å². The minimum atomic E-state index is -0.290. The molecule has 1 N–H and O–H groups in total. The van der Waals surface area contributed by atoms with E-state index in [0.29, 0.717) is 18.1 Å². The van der Waals surface area contributed by atoms with Crippen molar-refractivity contribution in [3.05, 3.63) is 52.7 Å². The number of thiophene rings is 1. The van der Waals surface area contributed by atoms with Crippen LogP contribution >= 0.6 is 11.3 Å². The van der Waals surface area contributed by atoms with Crippen LogP contribution in [0.15, 0.2) is 50.2 Å². The molecule has 1 amide bonds. The Morgan fingerprint density at radius 3 is 3.11 bits per heavy atom. The summed E-state index contributed by atoms with van der Waals surface area (Å²) in [6.45, 7) is 0.326. The molecule has 0 fully saturated rings. The van der Waals surface area contributed by atoms with Gasteiger partial charge in [0.05, 0.1) is 12.8 Å². The van der Waals surface area contributed by atoms with E-state index in [4.69, 9.17) is 8.94 Å². The van der Waals surface area contributed by atoms with E-state index in [1.165, 1.54) is 0 Å². The molecule has 0 aliphatic rings. The number of aromatic nitrogens is 1. The molecule has 5 nitrogen and oxygen atoms in total. The topological polar surface area (TPSA) is 68.3 Å². The highest BCUT2D eigenvalue weighted by molar-refractivity contribution is 7.08. The molecule has 3 aromatic rings. The van der Waals surface area contributed by atoms with E-state index < -0.39 is 0 Å². The highest BCUT2D eigenvalue weighted by Crippen LogP contribution is 2.22. The average molecular weight is 274 g/mol. The van der Waals surface area contributed by atoms with Crippen molar-refractivity contribution in [1.82, 2.24) is 10.5 Å². The van der Waals surface area contributed by atoms with Crippen LogP contribution in [-0.2, 0) is 6.54 Å². The Balaban J connectivity index is 1.67. The number of nitrogens with one attached hydrogen (secondary N) is 1. The highest BCUT2D eigenvalue weighted by atomic mass is 32.1. The van der Waals surface area contributed by atoms with Crippen molar-refractivity contribution in [2.45, 2.75) is 6.54 Å². The summed E-state index contributed by atoms with van der Waals surface area (Å²) < 4.78 is 10.3.